The molecule has 0 radical (unpaired) electrons. The molecule has 1 heterocycles. The minimum Gasteiger partial charge on any atom is -0.385 e. The lowest BCUT2D eigenvalue weighted by Gasteiger charge is -2.13. The Bertz CT molecular complexity index is 464. The van der Waals surface area contributed by atoms with Crippen LogP contribution < -0.4 is 5.32 Å². The van der Waals surface area contributed by atoms with Crippen LogP contribution in [0.25, 0.3) is 10.9 Å². The molecule has 0 bridgehead atoms. The molecule has 3 heteroatoms. The molecule has 0 aliphatic rings. The van der Waals surface area contributed by atoms with Crippen molar-refractivity contribution < 1.29 is 4.74 Å². The van der Waals surface area contributed by atoms with Crippen LogP contribution >= 0.6 is 0 Å². The lowest BCUT2D eigenvalue weighted by molar-refractivity contribution is 0.184. The summed E-state index contributed by atoms with van der Waals surface area (Å²) in [6.45, 7) is 3.90. The molecule has 1 atom stereocenters. The number of methoxy groups -OCH3 is 1. The zero-order valence-corrected chi connectivity index (χ0v) is 10.5. The first kappa shape index (κ1) is 12.1. The first-order chi connectivity index (χ1) is 8.31. The summed E-state index contributed by atoms with van der Waals surface area (Å²) in [6.07, 6.45) is 3.03. The average molecular weight is 232 g/mol. The first-order valence-corrected chi connectivity index (χ1v) is 6.08. The second-order valence-corrected chi connectivity index (χ2v) is 4.42. The van der Waals surface area contributed by atoms with E-state index in [0.29, 0.717) is 6.04 Å². The molecule has 0 aliphatic carbocycles. The topological polar surface area (TPSA) is 37.0 Å². The van der Waals surface area contributed by atoms with Gasteiger partial charge >= 0.3 is 0 Å². The summed E-state index contributed by atoms with van der Waals surface area (Å²) in [5, 5.41) is 4.83. The van der Waals surface area contributed by atoms with Crippen molar-refractivity contribution in [1.82, 2.24) is 10.3 Å². The van der Waals surface area contributed by atoms with Gasteiger partial charge in [0.05, 0.1) is 0 Å². The van der Waals surface area contributed by atoms with Crippen molar-refractivity contribution in [1.29, 1.82) is 0 Å². The molecule has 2 aromatic rings. The molecule has 1 aromatic carbocycles. The Balaban J connectivity index is 1.96. The van der Waals surface area contributed by atoms with Gasteiger partial charge in [-0.2, -0.15) is 0 Å². The van der Waals surface area contributed by atoms with Crippen molar-refractivity contribution in [3.8, 4) is 0 Å². The number of aromatic nitrogens is 1. The highest BCUT2D eigenvalue weighted by Crippen LogP contribution is 2.17. The van der Waals surface area contributed by atoms with Crippen LogP contribution in [0, 0.1) is 0 Å². The molecule has 92 valence electrons. The fraction of sp³-hybridized carbons (Fsp3) is 0.429. The molecule has 3 nitrogen and oxygen atoms in total. The number of nitrogens with one attached hydrogen (secondary N) is 2. The molecule has 2 rings (SSSR count). The zero-order chi connectivity index (χ0) is 12.1. The summed E-state index contributed by atoms with van der Waals surface area (Å²) >= 11 is 0. The smallest absolute Gasteiger partial charge is 0.0476 e. The van der Waals surface area contributed by atoms with Crippen LogP contribution in [-0.4, -0.2) is 24.7 Å². The third-order valence-electron chi connectivity index (χ3n) is 3.08. The quantitative estimate of drug-likeness (QED) is 0.803. The van der Waals surface area contributed by atoms with Crippen LogP contribution in [0.2, 0.25) is 0 Å². The van der Waals surface area contributed by atoms with Crippen LogP contribution in [0.5, 0.6) is 0 Å². The highest BCUT2D eigenvalue weighted by Gasteiger charge is 2.04. The van der Waals surface area contributed by atoms with Gasteiger partial charge in [0, 0.05) is 43.4 Å². The molecule has 0 fully saturated rings. The first-order valence-electron chi connectivity index (χ1n) is 6.08. The third-order valence-corrected chi connectivity index (χ3v) is 3.08. The van der Waals surface area contributed by atoms with Gasteiger partial charge in [-0.25, -0.2) is 0 Å². The Morgan fingerprint density at radius 3 is 3.06 bits per heavy atom. The molecule has 0 spiro atoms. The van der Waals surface area contributed by atoms with Gasteiger partial charge in [-0.1, -0.05) is 12.1 Å². The standard InChI is InChI=1S/C14H20N2O/c1-11(7-9-17-2)16-10-12-4-3-5-14-13(12)6-8-15-14/h3-6,8,11,15-16H,7,9-10H2,1-2H3. The van der Waals surface area contributed by atoms with Gasteiger partial charge in [0.1, 0.15) is 0 Å². The molecular formula is C14H20N2O. The van der Waals surface area contributed by atoms with E-state index in [0.717, 1.165) is 19.6 Å². The fourth-order valence-electron chi connectivity index (χ4n) is 1.99. The number of rotatable bonds is 6. The molecule has 2 N–H and O–H groups in total. The maximum Gasteiger partial charge on any atom is 0.0476 e. The minimum absolute atomic E-state index is 0.476. The van der Waals surface area contributed by atoms with Gasteiger partial charge in [0.15, 0.2) is 0 Å². The van der Waals surface area contributed by atoms with Gasteiger partial charge in [-0.05, 0) is 31.0 Å². The van der Waals surface area contributed by atoms with E-state index in [1.165, 1.54) is 16.5 Å². The Hall–Kier alpha value is -1.32. The molecule has 17 heavy (non-hydrogen) atoms. The van der Waals surface area contributed by atoms with Crippen molar-refractivity contribution >= 4 is 10.9 Å². The second-order valence-electron chi connectivity index (χ2n) is 4.42. The molecular weight excluding hydrogens is 212 g/mol. The van der Waals surface area contributed by atoms with Crippen LogP contribution in [0.3, 0.4) is 0 Å². The zero-order valence-electron chi connectivity index (χ0n) is 10.5. The minimum atomic E-state index is 0.476. The molecule has 1 unspecified atom stereocenters. The van der Waals surface area contributed by atoms with E-state index in [1.807, 2.05) is 6.20 Å². The van der Waals surface area contributed by atoms with E-state index in [1.54, 1.807) is 7.11 Å². The van der Waals surface area contributed by atoms with Gasteiger partial charge < -0.3 is 15.0 Å². The van der Waals surface area contributed by atoms with Crippen LogP contribution in [0.1, 0.15) is 18.9 Å². The maximum atomic E-state index is 5.08. The van der Waals surface area contributed by atoms with E-state index in [2.05, 4.69) is 41.5 Å². The lowest BCUT2D eigenvalue weighted by Crippen LogP contribution is -2.26. The maximum absolute atomic E-state index is 5.08. The second kappa shape index (κ2) is 5.84. The van der Waals surface area contributed by atoms with Crippen molar-refractivity contribution in [2.24, 2.45) is 0 Å². The fourth-order valence-corrected chi connectivity index (χ4v) is 1.99. The summed E-state index contributed by atoms with van der Waals surface area (Å²) in [5.41, 5.74) is 2.54. The average Bonchev–Trinajstić information content (AvgIpc) is 2.82. The molecule has 0 saturated heterocycles. The molecule has 0 saturated carbocycles. The summed E-state index contributed by atoms with van der Waals surface area (Å²) in [5.74, 6) is 0. The monoisotopic (exact) mass is 232 g/mol. The largest absolute Gasteiger partial charge is 0.385 e. The van der Waals surface area contributed by atoms with Crippen molar-refractivity contribution in [3.05, 3.63) is 36.0 Å². The summed E-state index contributed by atoms with van der Waals surface area (Å²) < 4.78 is 5.08. The van der Waals surface area contributed by atoms with Crippen molar-refractivity contribution in [2.45, 2.75) is 25.9 Å². The summed E-state index contributed by atoms with van der Waals surface area (Å²) in [6, 6.07) is 8.98. The van der Waals surface area contributed by atoms with Gasteiger partial charge in [0.2, 0.25) is 0 Å². The van der Waals surface area contributed by atoms with E-state index >= 15 is 0 Å². The van der Waals surface area contributed by atoms with Gasteiger partial charge in [-0.3, -0.25) is 0 Å². The number of hydrogen-bond donors (Lipinski definition) is 2. The van der Waals surface area contributed by atoms with E-state index in [4.69, 9.17) is 4.74 Å². The van der Waals surface area contributed by atoms with E-state index in [-0.39, 0.29) is 0 Å². The highest BCUT2D eigenvalue weighted by atomic mass is 16.5. The number of aromatic amines is 1. The highest BCUT2D eigenvalue weighted by molar-refractivity contribution is 5.82. The lowest BCUT2D eigenvalue weighted by atomic mass is 10.1. The van der Waals surface area contributed by atoms with Crippen molar-refractivity contribution in [3.63, 3.8) is 0 Å². The Kier molecular flexibility index (Phi) is 4.18. The Morgan fingerprint density at radius 1 is 1.35 bits per heavy atom. The molecule has 0 aliphatic heterocycles. The van der Waals surface area contributed by atoms with Crippen LogP contribution in [0.15, 0.2) is 30.5 Å². The van der Waals surface area contributed by atoms with E-state index < -0.39 is 0 Å². The number of ether oxygens (including phenoxy) is 1. The van der Waals surface area contributed by atoms with E-state index in [9.17, 15) is 0 Å². The number of H-pyrrole nitrogens is 1. The molecule has 1 aromatic heterocycles. The number of benzene rings is 1. The van der Waals surface area contributed by atoms with Crippen LogP contribution in [-0.2, 0) is 11.3 Å². The number of hydrogen-bond acceptors (Lipinski definition) is 2. The van der Waals surface area contributed by atoms with Crippen molar-refractivity contribution in [2.75, 3.05) is 13.7 Å². The molecule has 0 amide bonds. The predicted octanol–water partition coefficient (Wildman–Crippen LogP) is 2.68. The van der Waals surface area contributed by atoms with Gasteiger partial charge in [-0.15, -0.1) is 0 Å². The SMILES string of the molecule is COCCC(C)NCc1cccc2[nH]ccc12. The predicted molar refractivity (Wildman–Crippen MR) is 71.1 cm³/mol. The summed E-state index contributed by atoms with van der Waals surface area (Å²) in [7, 11) is 1.74. The van der Waals surface area contributed by atoms with Gasteiger partial charge in [0.25, 0.3) is 0 Å². The Morgan fingerprint density at radius 2 is 2.24 bits per heavy atom. The summed E-state index contributed by atoms with van der Waals surface area (Å²) in [4.78, 5) is 3.23. The Labute approximate surface area is 102 Å². The van der Waals surface area contributed by atoms with Crippen LogP contribution in [0.4, 0.5) is 0 Å². The third kappa shape index (κ3) is 3.08. The number of fused-ring (bicyclic) bond motifs is 1. The normalized spacial score (nSPS) is 13.1.